The first kappa shape index (κ1) is 20.3. The average molecular weight is 481 g/mol. The van der Waals surface area contributed by atoms with Crippen LogP contribution >= 0.6 is 27.3 Å². The van der Waals surface area contributed by atoms with Crippen LogP contribution in [0, 0.1) is 6.92 Å². The van der Waals surface area contributed by atoms with Gasteiger partial charge in [-0.15, -0.1) is 11.3 Å². The molecule has 0 aliphatic carbocycles. The molecular formula is C23H17BrN2O3S. The van der Waals surface area contributed by atoms with E-state index in [0.29, 0.717) is 27.8 Å². The van der Waals surface area contributed by atoms with Crippen LogP contribution in [0.15, 0.2) is 70.5 Å². The van der Waals surface area contributed by atoms with Crippen molar-refractivity contribution in [2.24, 2.45) is 0 Å². The lowest BCUT2D eigenvalue weighted by Gasteiger charge is -2.10. The second-order valence-corrected chi connectivity index (χ2v) is 8.44. The van der Waals surface area contributed by atoms with Crippen molar-refractivity contribution in [1.82, 2.24) is 4.98 Å². The number of carbonyl (C=O) groups is 2. The van der Waals surface area contributed by atoms with E-state index in [0.717, 1.165) is 14.9 Å². The molecule has 4 rings (SSSR count). The van der Waals surface area contributed by atoms with Crippen LogP contribution in [-0.2, 0) is 9.53 Å². The summed E-state index contributed by atoms with van der Waals surface area (Å²) in [6.07, 6.45) is 0. The van der Waals surface area contributed by atoms with Crippen molar-refractivity contribution in [2.75, 3.05) is 11.9 Å². The third kappa shape index (κ3) is 4.42. The third-order valence-electron chi connectivity index (χ3n) is 4.49. The van der Waals surface area contributed by atoms with Crippen LogP contribution < -0.4 is 5.32 Å². The molecule has 0 saturated carbocycles. The molecule has 2 aromatic heterocycles. The molecule has 0 saturated heterocycles. The summed E-state index contributed by atoms with van der Waals surface area (Å²) in [5.41, 5.74) is 3.42. The van der Waals surface area contributed by atoms with Crippen molar-refractivity contribution < 1.29 is 14.3 Å². The van der Waals surface area contributed by atoms with E-state index < -0.39 is 11.9 Å². The summed E-state index contributed by atoms with van der Waals surface area (Å²) in [5.74, 6) is -0.963. The van der Waals surface area contributed by atoms with Gasteiger partial charge in [-0.2, -0.15) is 0 Å². The first-order valence-electron chi connectivity index (χ1n) is 9.18. The van der Waals surface area contributed by atoms with Crippen LogP contribution in [0.25, 0.3) is 21.5 Å². The van der Waals surface area contributed by atoms with Gasteiger partial charge in [-0.1, -0.05) is 40.2 Å². The van der Waals surface area contributed by atoms with E-state index in [1.807, 2.05) is 60.8 Å². The molecule has 0 bridgehead atoms. The lowest BCUT2D eigenvalue weighted by Crippen LogP contribution is -2.21. The van der Waals surface area contributed by atoms with E-state index in [1.165, 1.54) is 0 Å². The number of halogens is 1. The number of aryl methyl sites for hydroxylation is 1. The van der Waals surface area contributed by atoms with Gasteiger partial charge in [0.05, 0.1) is 21.7 Å². The number of nitrogens with zero attached hydrogens (tertiary/aromatic N) is 1. The minimum absolute atomic E-state index is 0.376. The molecule has 0 fully saturated rings. The number of esters is 1. The van der Waals surface area contributed by atoms with Crippen LogP contribution in [0.3, 0.4) is 0 Å². The van der Waals surface area contributed by atoms with Gasteiger partial charge in [0.2, 0.25) is 0 Å². The molecule has 1 amide bonds. The molecule has 2 aromatic carbocycles. The van der Waals surface area contributed by atoms with Crippen molar-refractivity contribution in [3.8, 4) is 10.6 Å². The van der Waals surface area contributed by atoms with Crippen molar-refractivity contribution in [3.05, 3.63) is 81.6 Å². The highest BCUT2D eigenvalue weighted by atomic mass is 79.9. The minimum Gasteiger partial charge on any atom is -0.452 e. The average Bonchev–Trinajstić information content (AvgIpc) is 3.29. The number of hydrogen-bond donors (Lipinski definition) is 1. The molecule has 1 N–H and O–H groups in total. The lowest BCUT2D eigenvalue weighted by molar-refractivity contribution is -0.119. The molecule has 5 nitrogen and oxygen atoms in total. The molecule has 30 heavy (non-hydrogen) atoms. The Kier molecular flexibility index (Phi) is 5.92. The number of fused-ring (bicyclic) bond motifs is 1. The first-order chi connectivity index (χ1) is 14.5. The summed E-state index contributed by atoms with van der Waals surface area (Å²) in [4.78, 5) is 30.7. The number of nitrogens with one attached hydrogen (secondary N) is 1. The van der Waals surface area contributed by atoms with E-state index in [9.17, 15) is 9.59 Å². The summed E-state index contributed by atoms with van der Waals surface area (Å²) in [6, 6.07) is 18.5. The molecule has 4 aromatic rings. The number of ether oxygens (including phenoxy) is 1. The maximum absolute atomic E-state index is 12.8. The zero-order valence-corrected chi connectivity index (χ0v) is 18.4. The van der Waals surface area contributed by atoms with Crippen molar-refractivity contribution in [1.29, 1.82) is 0 Å². The maximum Gasteiger partial charge on any atom is 0.339 e. The predicted molar refractivity (Wildman–Crippen MR) is 123 cm³/mol. The molecule has 0 spiro atoms. The standard InChI is InChI=1S/C23H17BrN2O3S/c1-14-11-15(8-9-18(14)24)25-22(27)13-29-23(28)17-12-20(21-7-4-10-30-21)26-19-6-3-2-5-16(17)19/h2-12H,13H2,1H3,(H,25,27). The Morgan fingerprint density at radius 1 is 1.10 bits per heavy atom. The van der Waals surface area contributed by atoms with E-state index >= 15 is 0 Å². The second kappa shape index (κ2) is 8.77. The van der Waals surface area contributed by atoms with Crippen molar-refractivity contribution >= 4 is 55.7 Å². The van der Waals surface area contributed by atoms with Crippen molar-refractivity contribution in [3.63, 3.8) is 0 Å². The molecule has 0 unspecified atom stereocenters. The smallest absolute Gasteiger partial charge is 0.339 e. The van der Waals surface area contributed by atoms with Gasteiger partial charge in [-0.3, -0.25) is 4.79 Å². The fraction of sp³-hybridized carbons (Fsp3) is 0.0870. The number of para-hydroxylation sites is 1. The summed E-state index contributed by atoms with van der Waals surface area (Å²) < 4.78 is 6.27. The predicted octanol–water partition coefficient (Wildman–Crippen LogP) is 5.83. The van der Waals surface area contributed by atoms with Crippen LogP contribution in [0.1, 0.15) is 15.9 Å². The zero-order valence-electron chi connectivity index (χ0n) is 16.0. The van der Waals surface area contributed by atoms with Gasteiger partial charge in [0, 0.05) is 15.5 Å². The van der Waals surface area contributed by atoms with Crippen LogP contribution in [0.2, 0.25) is 0 Å². The van der Waals surface area contributed by atoms with E-state index in [1.54, 1.807) is 23.5 Å². The minimum atomic E-state index is -0.562. The molecular weight excluding hydrogens is 464 g/mol. The number of aromatic nitrogens is 1. The number of carbonyl (C=O) groups excluding carboxylic acids is 2. The number of hydrogen-bond acceptors (Lipinski definition) is 5. The van der Waals surface area contributed by atoms with Crippen molar-refractivity contribution in [2.45, 2.75) is 6.92 Å². The summed E-state index contributed by atoms with van der Waals surface area (Å²) >= 11 is 4.97. The van der Waals surface area contributed by atoms with Gasteiger partial charge in [0.1, 0.15) is 0 Å². The number of pyridine rings is 1. The second-order valence-electron chi connectivity index (χ2n) is 6.64. The molecule has 0 aliphatic rings. The Bertz CT molecular complexity index is 1240. The summed E-state index contributed by atoms with van der Waals surface area (Å²) in [5, 5.41) is 5.38. The van der Waals surface area contributed by atoms with Gasteiger partial charge in [0.15, 0.2) is 6.61 Å². The van der Waals surface area contributed by atoms with Gasteiger partial charge >= 0.3 is 5.97 Å². The Morgan fingerprint density at radius 3 is 2.70 bits per heavy atom. The highest BCUT2D eigenvalue weighted by molar-refractivity contribution is 9.10. The quantitative estimate of drug-likeness (QED) is 0.364. The lowest BCUT2D eigenvalue weighted by atomic mass is 10.1. The van der Waals surface area contributed by atoms with E-state index in [-0.39, 0.29) is 6.61 Å². The number of anilines is 1. The largest absolute Gasteiger partial charge is 0.452 e. The maximum atomic E-state index is 12.8. The van der Waals surface area contributed by atoms with Gasteiger partial charge in [-0.05, 0) is 54.3 Å². The van der Waals surface area contributed by atoms with Gasteiger partial charge < -0.3 is 10.1 Å². The third-order valence-corrected chi connectivity index (χ3v) is 6.27. The van der Waals surface area contributed by atoms with Crippen LogP contribution in [0.5, 0.6) is 0 Å². The Balaban J connectivity index is 1.52. The Hall–Kier alpha value is -3.03. The van der Waals surface area contributed by atoms with E-state index in [4.69, 9.17) is 4.74 Å². The fourth-order valence-electron chi connectivity index (χ4n) is 3.02. The first-order valence-corrected chi connectivity index (χ1v) is 10.9. The van der Waals surface area contributed by atoms with Gasteiger partial charge in [-0.25, -0.2) is 9.78 Å². The fourth-order valence-corrected chi connectivity index (χ4v) is 3.96. The Morgan fingerprint density at radius 2 is 1.93 bits per heavy atom. The van der Waals surface area contributed by atoms with E-state index in [2.05, 4.69) is 26.2 Å². The molecule has 0 radical (unpaired) electrons. The normalized spacial score (nSPS) is 10.7. The van der Waals surface area contributed by atoms with Crippen LogP contribution in [-0.4, -0.2) is 23.5 Å². The molecule has 150 valence electrons. The topological polar surface area (TPSA) is 68.3 Å². The van der Waals surface area contributed by atoms with Gasteiger partial charge in [0.25, 0.3) is 5.91 Å². The number of amides is 1. The molecule has 7 heteroatoms. The molecule has 0 atom stereocenters. The highest BCUT2D eigenvalue weighted by Gasteiger charge is 2.17. The number of rotatable bonds is 5. The molecule has 0 aliphatic heterocycles. The zero-order chi connectivity index (χ0) is 21.1. The Labute approximate surface area is 185 Å². The number of thiophene rings is 1. The number of benzene rings is 2. The SMILES string of the molecule is Cc1cc(NC(=O)COC(=O)c2cc(-c3cccs3)nc3ccccc23)ccc1Br. The summed E-state index contributed by atoms with van der Waals surface area (Å²) in [6.45, 7) is 1.55. The highest BCUT2D eigenvalue weighted by Crippen LogP contribution is 2.28. The molecule has 2 heterocycles. The monoisotopic (exact) mass is 480 g/mol. The summed E-state index contributed by atoms with van der Waals surface area (Å²) in [7, 11) is 0. The van der Waals surface area contributed by atoms with Crippen LogP contribution in [0.4, 0.5) is 5.69 Å².